The lowest BCUT2D eigenvalue weighted by Crippen LogP contribution is -2.04. The van der Waals surface area contributed by atoms with Crippen LogP contribution < -0.4 is 0 Å². The molecule has 0 saturated carbocycles. The van der Waals surface area contributed by atoms with Crippen LogP contribution in [-0.2, 0) is 0 Å². The first-order valence-electron chi connectivity index (χ1n) is 4.91. The van der Waals surface area contributed by atoms with Crippen LogP contribution in [0.1, 0.15) is 16.1 Å². The number of rotatable bonds is 2. The summed E-state index contributed by atoms with van der Waals surface area (Å²) >= 11 is 5.70. The topological polar surface area (TPSA) is 63.1 Å². The Labute approximate surface area is 103 Å². The first kappa shape index (κ1) is 11.5. The lowest BCUT2D eigenvalue weighted by atomic mass is 10.1. The van der Waals surface area contributed by atoms with Crippen LogP contribution in [0.5, 0.6) is 0 Å². The molecule has 0 unspecified atom stereocenters. The van der Waals surface area contributed by atoms with Crippen LogP contribution in [0.25, 0.3) is 11.4 Å². The van der Waals surface area contributed by atoms with Crippen LogP contribution in [0.3, 0.4) is 0 Å². The Kier molecular flexibility index (Phi) is 3.06. The molecule has 1 heterocycles. The zero-order valence-electron chi connectivity index (χ0n) is 9.01. The van der Waals surface area contributed by atoms with Gasteiger partial charge in [-0.05, 0) is 13.0 Å². The van der Waals surface area contributed by atoms with Crippen LogP contribution in [-0.4, -0.2) is 21.0 Å². The van der Waals surface area contributed by atoms with Gasteiger partial charge in [0.1, 0.15) is 0 Å². The van der Waals surface area contributed by atoms with Gasteiger partial charge in [0.25, 0.3) is 0 Å². The highest BCUT2D eigenvalue weighted by molar-refractivity contribution is 6.33. The number of carboxylic acid groups (broad SMARTS) is 1. The van der Waals surface area contributed by atoms with Crippen LogP contribution in [0, 0.1) is 6.92 Å². The molecule has 2 rings (SSSR count). The van der Waals surface area contributed by atoms with Gasteiger partial charge in [-0.2, -0.15) is 0 Å². The number of aromatic nitrogens is 2. The number of carboxylic acids is 1. The molecule has 5 heteroatoms. The third kappa shape index (κ3) is 2.42. The van der Waals surface area contributed by atoms with E-state index in [1.165, 1.54) is 6.20 Å². The van der Waals surface area contributed by atoms with E-state index in [1.54, 1.807) is 0 Å². The number of hydrogen-bond donors (Lipinski definition) is 1. The summed E-state index contributed by atoms with van der Waals surface area (Å²) in [7, 11) is 0. The minimum absolute atomic E-state index is 0.0360. The maximum Gasteiger partial charge on any atom is 0.356 e. The van der Waals surface area contributed by atoms with Crippen molar-refractivity contribution in [2.75, 3.05) is 0 Å². The summed E-state index contributed by atoms with van der Waals surface area (Å²) in [4.78, 5) is 18.9. The quantitative estimate of drug-likeness (QED) is 0.888. The van der Waals surface area contributed by atoms with Crippen LogP contribution in [0.4, 0.5) is 0 Å². The van der Waals surface area contributed by atoms with E-state index >= 15 is 0 Å². The van der Waals surface area contributed by atoms with E-state index in [1.807, 2.05) is 31.2 Å². The highest BCUT2D eigenvalue weighted by Gasteiger charge is 2.13. The monoisotopic (exact) mass is 248 g/mol. The fourth-order valence-corrected chi connectivity index (χ4v) is 1.61. The molecule has 0 aliphatic rings. The van der Waals surface area contributed by atoms with Crippen molar-refractivity contribution in [1.82, 2.24) is 9.97 Å². The molecular weight excluding hydrogens is 240 g/mol. The molecule has 0 atom stereocenters. The number of halogens is 1. The smallest absolute Gasteiger partial charge is 0.356 e. The minimum atomic E-state index is -1.16. The maximum absolute atomic E-state index is 10.9. The molecule has 1 aromatic carbocycles. The predicted molar refractivity (Wildman–Crippen MR) is 64.2 cm³/mol. The molecule has 0 aliphatic heterocycles. The second-order valence-electron chi connectivity index (χ2n) is 3.56. The standard InChI is InChI=1S/C12H9ClN2O2/c1-7-3-2-4-8(5-7)11-14-6-9(13)10(15-11)12(16)17/h2-6H,1H3,(H,16,17). The fraction of sp³-hybridized carbons (Fsp3) is 0.0833. The summed E-state index contributed by atoms with van der Waals surface area (Å²) in [5.41, 5.74) is 1.64. The minimum Gasteiger partial charge on any atom is -0.476 e. The van der Waals surface area contributed by atoms with Crippen molar-refractivity contribution in [1.29, 1.82) is 0 Å². The molecule has 0 amide bonds. The molecule has 0 aliphatic carbocycles. The summed E-state index contributed by atoms with van der Waals surface area (Å²) in [5, 5.41) is 8.95. The number of hydrogen-bond acceptors (Lipinski definition) is 3. The van der Waals surface area contributed by atoms with Crippen molar-refractivity contribution < 1.29 is 9.90 Å². The first-order chi connectivity index (χ1) is 8.08. The van der Waals surface area contributed by atoms with Crippen molar-refractivity contribution in [2.24, 2.45) is 0 Å². The average molecular weight is 249 g/mol. The van der Waals surface area contributed by atoms with Crippen molar-refractivity contribution in [3.8, 4) is 11.4 Å². The second kappa shape index (κ2) is 4.51. The molecule has 2 aromatic rings. The average Bonchev–Trinajstić information content (AvgIpc) is 2.29. The van der Waals surface area contributed by atoms with Gasteiger partial charge in [-0.3, -0.25) is 0 Å². The number of aromatic carboxylic acids is 1. The third-order valence-corrected chi connectivity index (χ3v) is 2.50. The zero-order valence-corrected chi connectivity index (χ0v) is 9.77. The lowest BCUT2D eigenvalue weighted by Gasteiger charge is -2.03. The van der Waals surface area contributed by atoms with E-state index in [4.69, 9.17) is 16.7 Å². The molecule has 0 saturated heterocycles. The van der Waals surface area contributed by atoms with E-state index < -0.39 is 5.97 Å². The van der Waals surface area contributed by atoms with Gasteiger partial charge in [-0.1, -0.05) is 35.4 Å². The van der Waals surface area contributed by atoms with Crippen LogP contribution in [0.15, 0.2) is 30.5 Å². The van der Waals surface area contributed by atoms with Crippen molar-refractivity contribution in [2.45, 2.75) is 6.92 Å². The SMILES string of the molecule is Cc1cccc(-c2ncc(Cl)c(C(=O)O)n2)c1. The molecule has 1 N–H and O–H groups in total. The molecule has 17 heavy (non-hydrogen) atoms. The highest BCUT2D eigenvalue weighted by atomic mass is 35.5. The molecule has 1 aromatic heterocycles. The van der Waals surface area contributed by atoms with Gasteiger partial charge < -0.3 is 5.11 Å². The number of benzene rings is 1. The molecule has 86 valence electrons. The fourth-order valence-electron chi connectivity index (χ4n) is 1.44. The zero-order chi connectivity index (χ0) is 12.4. The summed E-state index contributed by atoms with van der Waals surface area (Å²) < 4.78 is 0. The van der Waals surface area contributed by atoms with Gasteiger partial charge in [-0.25, -0.2) is 14.8 Å². The van der Waals surface area contributed by atoms with Crippen molar-refractivity contribution in [3.63, 3.8) is 0 Å². The number of carbonyl (C=O) groups is 1. The van der Waals surface area contributed by atoms with Crippen molar-refractivity contribution in [3.05, 3.63) is 46.7 Å². The molecular formula is C12H9ClN2O2. The molecule has 0 fully saturated rings. The van der Waals surface area contributed by atoms with E-state index in [9.17, 15) is 4.79 Å². The Hall–Kier alpha value is -1.94. The summed E-state index contributed by atoms with van der Waals surface area (Å²) in [5.74, 6) is -0.804. The molecule has 0 spiro atoms. The lowest BCUT2D eigenvalue weighted by molar-refractivity contribution is 0.0690. The van der Waals surface area contributed by atoms with Gasteiger partial charge in [0.15, 0.2) is 11.5 Å². The van der Waals surface area contributed by atoms with E-state index in [-0.39, 0.29) is 10.7 Å². The molecule has 4 nitrogen and oxygen atoms in total. The Morgan fingerprint density at radius 2 is 2.18 bits per heavy atom. The largest absolute Gasteiger partial charge is 0.476 e. The molecule has 0 radical (unpaired) electrons. The van der Waals surface area contributed by atoms with Gasteiger partial charge in [0.2, 0.25) is 0 Å². The predicted octanol–water partition coefficient (Wildman–Crippen LogP) is 2.80. The first-order valence-corrected chi connectivity index (χ1v) is 5.28. The second-order valence-corrected chi connectivity index (χ2v) is 3.97. The van der Waals surface area contributed by atoms with Gasteiger partial charge in [0, 0.05) is 5.56 Å². The Morgan fingerprint density at radius 1 is 1.41 bits per heavy atom. The Morgan fingerprint density at radius 3 is 2.82 bits per heavy atom. The maximum atomic E-state index is 10.9. The normalized spacial score (nSPS) is 10.2. The van der Waals surface area contributed by atoms with Crippen LogP contribution >= 0.6 is 11.6 Å². The summed E-state index contributed by atoms with van der Waals surface area (Å²) in [6.45, 7) is 1.94. The summed E-state index contributed by atoms with van der Waals surface area (Å²) in [6, 6.07) is 7.51. The number of aryl methyl sites for hydroxylation is 1. The van der Waals surface area contributed by atoms with Crippen LogP contribution in [0.2, 0.25) is 5.02 Å². The van der Waals surface area contributed by atoms with E-state index in [0.29, 0.717) is 5.82 Å². The Balaban J connectivity index is 2.54. The Bertz CT molecular complexity index is 584. The third-order valence-electron chi connectivity index (χ3n) is 2.22. The highest BCUT2D eigenvalue weighted by Crippen LogP contribution is 2.19. The number of nitrogens with zero attached hydrogens (tertiary/aromatic N) is 2. The van der Waals surface area contributed by atoms with Gasteiger partial charge >= 0.3 is 5.97 Å². The van der Waals surface area contributed by atoms with Gasteiger partial charge in [-0.15, -0.1) is 0 Å². The van der Waals surface area contributed by atoms with E-state index in [0.717, 1.165) is 11.1 Å². The summed E-state index contributed by atoms with van der Waals surface area (Å²) in [6.07, 6.45) is 1.30. The van der Waals surface area contributed by atoms with E-state index in [2.05, 4.69) is 9.97 Å². The van der Waals surface area contributed by atoms with Crippen molar-refractivity contribution >= 4 is 17.6 Å². The van der Waals surface area contributed by atoms with Gasteiger partial charge in [0.05, 0.1) is 11.2 Å². The molecule has 0 bridgehead atoms.